The van der Waals surface area contributed by atoms with Crippen LogP contribution in [-0.4, -0.2) is 36.7 Å². The highest BCUT2D eigenvalue weighted by atomic mass is 35.5. The molecule has 1 unspecified atom stereocenters. The summed E-state index contributed by atoms with van der Waals surface area (Å²) in [5, 5.41) is 0.493. The van der Waals surface area contributed by atoms with Gasteiger partial charge in [0.2, 0.25) is 0 Å². The van der Waals surface area contributed by atoms with E-state index < -0.39 is 0 Å². The molecule has 0 aliphatic rings. The molecule has 0 aliphatic heterocycles. The first-order valence-corrected chi connectivity index (χ1v) is 8.31. The van der Waals surface area contributed by atoms with Gasteiger partial charge in [0.25, 0.3) is 5.91 Å². The average molecular weight is 315 g/mol. The van der Waals surface area contributed by atoms with E-state index >= 15 is 0 Å². The number of halogens is 1. The topological polar surface area (TPSA) is 46.3 Å². The SMILES string of the molecule is CSc1ccc(Cl)c(C(=O)N(C)CCC(N)C(C)C)c1. The van der Waals surface area contributed by atoms with E-state index in [-0.39, 0.29) is 11.9 Å². The summed E-state index contributed by atoms with van der Waals surface area (Å²) in [7, 11) is 1.79. The van der Waals surface area contributed by atoms with Gasteiger partial charge < -0.3 is 10.6 Å². The Bertz CT molecular complexity index is 465. The Kier molecular flexibility index (Phi) is 6.86. The Morgan fingerprint density at radius 1 is 1.45 bits per heavy atom. The van der Waals surface area contributed by atoms with E-state index in [2.05, 4.69) is 13.8 Å². The average Bonchev–Trinajstić information content (AvgIpc) is 2.43. The molecule has 1 rings (SSSR count). The number of benzene rings is 1. The molecule has 20 heavy (non-hydrogen) atoms. The minimum Gasteiger partial charge on any atom is -0.342 e. The zero-order valence-corrected chi connectivity index (χ0v) is 14.1. The molecule has 0 bridgehead atoms. The van der Waals surface area contributed by atoms with Gasteiger partial charge in [-0.05, 0) is 36.8 Å². The molecule has 5 heteroatoms. The van der Waals surface area contributed by atoms with Crippen molar-refractivity contribution in [2.45, 2.75) is 31.2 Å². The first-order chi connectivity index (χ1) is 9.36. The first kappa shape index (κ1) is 17.3. The molecular formula is C15H23ClN2OS. The van der Waals surface area contributed by atoms with E-state index in [1.54, 1.807) is 29.8 Å². The van der Waals surface area contributed by atoms with Gasteiger partial charge in [0.15, 0.2) is 0 Å². The van der Waals surface area contributed by atoms with Crippen LogP contribution in [-0.2, 0) is 0 Å². The lowest BCUT2D eigenvalue weighted by atomic mass is 10.0. The molecule has 0 saturated heterocycles. The van der Waals surface area contributed by atoms with Crippen molar-refractivity contribution in [3.8, 4) is 0 Å². The summed E-state index contributed by atoms with van der Waals surface area (Å²) >= 11 is 7.72. The van der Waals surface area contributed by atoms with Crippen LogP contribution in [0.15, 0.2) is 23.1 Å². The number of nitrogens with two attached hydrogens (primary N) is 1. The van der Waals surface area contributed by atoms with Gasteiger partial charge in [-0.15, -0.1) is 11.8 Å². The van der Waals surface area contributed by atoms with Crippen LogP contribution in [0.25, 0.3) is 0 Å². The van der Waals surface area contributed by atoms with Crippen molar-refractivity contribution in [3.05, 3.63) is 28.8 Å². The second-order valence-electron chi connectivity index (χ2n) is 5.27. The summed E-state index contributed by atoms with van der Waals surface area (Å²) in [5.74, 6) is 0.365. The van der Waals surface area contributed by atoms with Crippen molar-refractivity contribution in [1.29, 1.82) is 0 Å². The van der Waals surface area contributed by atoms with E-state index in [0.717, 1.165) is 11.3 Å². The van der Waals surface area contributed by atoms with Crippen LogP contribution >= 0.6 is 23.4 Å². The number of carbonyl (C=O) groups is 1. The summed E-state index contributed by atoms with van der Waals surface area (Å²) < 4.78 is 0. The van der Waals surface area contributed by atoms with Gasteiger partial charge in [-0.3, -0.25) is 4.79 Å². The molecule has 1 amide bonds. The third kappa shape index (κ3) is 4.69. The number of amides is 1. The third-order valence-corrected chi connectivity index (χ3v) is 4.46. The van der Waals surface area contributed by atoms with Crippen molar-refractivity contribution in [2.24, 2.45) is 11.7 Å². The predicted molar refractivity (Wildman–Crippen MR) is 87.6 cm³/mol. The Labute approximate surface area is 130 Å². The van der Waals surface area contributed by atoms with Crippen LogP contribution in [0.5, 0.6) is 0 Å². The van der Waals surface area contributed by atoms with Gasteiger partial charge in [0, 0.05) is 24.5 Å². The minimum absolute atomic E-state index is 0.0538. The molecule has 0 spiro atoms. The molecule has 0 fully saturated rings. The molecule has 2 N–H and O–H groups in total. The van der Waals surface area contributed by atoms with E-state index in [1.165, 1.54) is 0 Å². The van der Waals surface area contributed by atoms with Crippen molar-refractivity contribution < 1.29 is 4.79 Å². The quantitative estimate of drug-likeness (QED) is 0.817. The maximum Gasteiger partial charge on any atom is 0.255 e. The molecule has 1 atom stereocenters. The maximum atomic E-state index is 12.4. The highest BCUT2D eigenvalue weighted by Gasteiger charge is 2.17. The lowest BCUT2D eigenvalue weighted by molar-refractivity contribution is 0.0789. The molecule has 0 radical (unpaired) electrons. The molecule has 3 nitrogen and oxygen atoms in total. The minimum atomic E-state index is -0.0538. The standard InChI is InChI=1S/C15H23ClN2OS/c1-10(2)14(17)7-8-18(3)15(19)12-9-11(20-4)5-6-13(12)16/h5-6,9-10,14H,7-8,17H2,1-4H3. The zero-order chi connectivity index (χ0) is 15.3. The lowest BCUT2D eigenvalue weighted by Gasteiger charge is -2.22. The number of nitrogens with zero attached hydrogens (tertiary/aromatic N) is 1. The van der Waals surface area contributed by atoms with Crippen LogP contribution in [0.2, 0.25) is 5.02 Å². The molecule has 0 aliphatic carbocycles. The first-order valence-electron chi connectivity index (χ1n) is 6.71. The van der Waals surface area contributed by atoms with Crippen LogP contribution in [0.4, 0.5) is 0 Å². The number of hydrogen-bond acceptors (Lipinski definition) is 3. The molecule has 0 aromatic heterocycles. The number of thioether (sulfide) groups is 1. The highest BCUT2D eigenvalue weighted by molar-refractivity contribution is 7.98. The summed E-state index contributed by atoms with van der Waals surface area (Å²) in [4.78, 5) is 15.1. The van der Waals surface area contributed by atoms with E-state index in [1.807, 2.05) is 18.4 Å². The highest BCUT2D eigenvalue weighted by Crippen LogP contribution is 2.24. The van der Waals surface area contributed by atoms with Gasteiger partial charge >= 0.3 is 0 Å². The fourth-order valence-electron chi connectivity index (χ4n) is 1.78. The fraction of sp³-hybridized carbons (Fsp3) is 0.533. The second kappa shape index (κ2) is 7.91. The van der Waals surface area contributed by atoms with Crippen LogP contribution in [0, 0.1) is 5.92 Å². The lowest BCUT2D eigenvalue weighted by Crippen LogP contribution is -2.34. The number of hydrogen-bond donors (Lipinski definition) is 1. The van der Waals surface area contributed by atoms with Crippen LogP contribution in [0.3, 0.4) is 0 Å². The maximum absolute atomic E-state index is 12.4. The smallest absolute Gasteiger partial charge is 0.255 e. The third-order valence-electron chi connectivity index (χ3n) is 3.40. The Morgan fingerprint density at radius 3 is 2.65 bits per heavy atom. The molecule has 0 saturated carbocycles. The molecule has 1 aromatic rings. The summed E-state index contributed by atoms with van der Waals surface area (Å²) in [5.41, 5.74) is 6.57. The van der Waals surface area contributed by atoms with Crippen LogP contribution < -0.4 is 5.73 Å². The molecular weight excluding hydrogens is 292 g/mol. The molecule has 0 heterocycles. The Balaban J connectivity index is 2.74. The number of rotatable bonds is 6. The fourth-order valence-corrected chi connectivity index (χ4v) is 2.42. The summed E-state index contributed by atoms with van der Waals surface area (Å²) in [6, 6.07) is 5.64. The van der Waals surface area contributed by atoms with Crippen LogP contribution in [0.1, 0.15) is 30.6 Å². The molecule has 1 aromatic carbocycles. The molecule has 112 valence electrons. The van der Waals surface area contributed by atoms with Crippen molar-refractivity contribution in [3.63, 3.8) is 0 Å². The number of carbonyl (C=O) groups excluding carboxylic acids is 1. The summed E-state index contributed by atoms with van der Waals surface area (Å²) in [6.07, 6.45) is 2.77. The van der Waals surface area contributed by atoms with E-state index in [9.17, 15) is 4.79 Å². The largest absolute Gasteiger partial charge is 0.342 e. The van der Waals surface area contributed by atoms with E-state index in [4.69, 9.17) is 17.3 Å². The van der Waals surface area contributed by atoms with E-state index in [0.29, 0.717) is 23.0 Å². The van der Waals surface area contributed by atoms with Crippen molar-refractivity contribution in [2.75, 3.05) is 19.8 Å². The Morgan fingerprint density at radius 2 is 2.10 bits per heavy atom. The van der Waals surface area contributed by atoms with Gasteiger partial charge in [-0.2, -0.15) is 0 Å². The predicted octanol–water partition coefficient (Wildman–Crippen LogP) is 3.51. The second-order valence-corrected chi connectivity index (χ2v) is 6.56. The van der Waals surface area contributed by atoms with Crippen molar-refractivity contribution in [1.82, 2.24) is 4.90 Å². The normalized spacial score (nSPS) is 12.6. The van der Waals surface area contributed by atoms with Gasteiger partial charge in [-0.1, -0.05) is 25.4 Å². The zero-order valence-electron chi connectivity index (χ0n) is 12.5. The van der Waals surface area contributed by atoms with Gasteiger partial charge in [-0.25, -0.2) is 0 Å². The Hall–Kier alpha value is -0.710. The monoisotopic (exact) mass is 314 g/mol. The van der Waals surface area contributed by atoms with Crippen molar-refractivity contribution >= 4 is 29.3 Å². The van der Waals surface area contributed by atoms with Gasteiger partial charge in [0.05, 0.1) is 10.6 Å². The van der Waals surface area contributed by atoms with Gasteiger partial charge in [0.1, 0.15) is 0 Å². The summed E-state index contributed by atoms with van der Waals surface area (Å²) in [6.45, 7) is 4.81.